The van der Waals surface area contributed by atoms with Crippen LogP contribution in [-0.4, -0.2) is 33.2 Å². The van der Waals surface area contributed by atoms with E-state index in [4.69, 9.17) is 0 Å². The molecule has 124 valence electrons. The number of hydrogen-bond acceptors (Lipinski definition) is 3. The predicted octanol–water partition coefficient (Wildman–Crippen LogP) is 2.90. The van der Waals surface area contributed by atoms with Crippen LogP contribution in [0.3, 0.4) is 0 Å². The van der Waals surface area contributed by atoms with Crippen molar-refractivity contribution in [3.05, 3.63) is 48.2 Å². The zero-order valence-electron chi connectivity index (χ0n) is 13.3. The molecule has 0 spiro atoms. The van der Waals surface area contributed by atoms with Gasteiger partial charge in [0.15, 0.2) is 0 Å². The van der Waals surface area contributed by atoms with Gasteiger partial charge in [-0.3, -0.25) is 4.79 Å². The Balaban J connectivity index is 1.26. The second-order valence-corrected chi connectivity index (χ2v) is 7.24. The lowest BCUT2D eigenvalue weighted by atomic mass is 9.89. The molecule has 4 rings (SSSR count). The zero-order valence-corrected chi connectivity index (χ0v) is 14.2. The Hall–Kier alpha value is -2.21. The standard InChI is InChI=1S/C18H20N4OS/c23-18(12-5-6-15-16(9-12)22-11-21-15)19-7-8-24-17-10-20-14-4-2-1-3-13(14)17/h1-4,10-12,20H,5-9H2,(H,19,23)(H,21,22). The van der Waals surface area contributed by atoms with Crippen molar-refractivity contribution >= 4 is 28.6 Å². The van der Waals surface area contributed by atoms with Crippen molar-refractivity contribution in [1.29, 1.82) is 0 Å². The highest BCUT2D eigenvalue weighted by Gasteiger charge is 2.25. The third-order valence-corrected chi connectivity index (χ3v) is 5.63. The number of nitrogens with zero attached hydrogens (tertiary/aromatic N) is 1. The largest absolute Gasteiger partial charge is 0.360 e. The number of H-pyrrole nitrogens is 2. The van der Waals surface area contributed by atoms with E-state index in [0.29, 0.717) is 6.54 Å². The topological polar surface area (TPSA) is 73.6 Å². The molecule has 3 N–H and O–H groups in total. The number of carbonyl (C=O) groups excluding carboxylic acids is 1. The Kier molecular flexibility index (Phi) is 4.30. The highest BCUT2D eigenvalue weighted by Crippen LogP contribution is 2.27. The van der Waals surface area contributed by atoms with Crippen molar-refractivity contribution in [2.75, 3.05) is 12.3 Å². The molecule has 1 aliphatic rings. The molecule has 1 aromatic carbocycles. The molecule has 0 radical (unpaired) electrons. The Morgan fingerprint density at radius 3 is 3.21 bits per heavy atom. The van der Waals surface area contributed by atoms with Crippen molar-refractivity contribution in [1.82, 2.24) is 20.3 Å². The maximum absolute atomic E-state index is 12.3. The van der Waals surface area contributed by atoms with Gasteiger partial charge in [-0.05, 0) is 18.9 Å². The minimum atomic E-state index is 0.0658. The van der Waals surface area contributed by atoms with Crippen LogP contribution in [0.4, 0.5) is 0 Å². The normalized spacial score (nSPS) is 16.9. The van der Waals surface area contributed by atoms with Gasteiger partial charge in [0, 0.05) is 52.3 Å². The summed E-state index contributed by atoms with van der Waals surface area (Å²) in [6.45, 7) is 0.690. The second kappa shape index (κ2) is 6.73. The summed E-state index contributed by atoms with van der Waals surface area (Å²) in [5.41, 5.74) is 3.39. The molecular weight excluding hydrogens is 320 g/mol. The van der Waals surface area contributed by atoms with Gasteiger partial charge in [-0.2, -0.15) is 0 Å². The number of rotatable bonds is 5. The fourth-order valence-electron chi connectivity index (χ4n) is 3.27. The fourth-order valence-corrected chi connectivity index (χ4v) is 4.17. The van der Waals surface area contributed by atoms with Crippen molar-refractivity contribution in [2.45, 2.75) is 24.2 Å². The van der Waals surface area contributed by atoms with Crippen LogP contribution in [0.25, 0.3) is 10.9 Å². The predicted molar refractivity (Wildman–Crippen MR) is 96.1 cm³/mol. The number of imidazole rings is 1. The minimum absolute atomic E-state index is 0.0658. The number of carbonyl (C=O) groups is 1. The lowest BCUT2D eigenvalue weighted by molar-refractivity contribution is -0.125. The first-order valence-corrected chi connectivity index (χ1v) is 9.27. The molecule has 5 nitrogen and oxygen atoms in total. The van der Waals surface area contributed by atoms with Crippen LogP contribution >= 0.6 is 11.8 Å². The molecule has 0 aliphatic heterocycles. The Labute approximate surface area is 144 Å². The van der Waals surface area contributed by atoms with E-state index in [1.54, 1.807) is 18.1 Å². The first-order valence-electron chi connectivity index (χ1n) is 8.29. The quantitative estimate of drug-likeness (QED) is 0.494. The van der Waals surface area contributed by atoms with Gasteiger partial charge in [0.05, 0.1) is 12.0 Å². The lowest BCUT2D eigenvalue weighted by Crippen LogP contribution is -2.35. The number of para-hydroxylation sites is 1. The maximum Gasteiger partial charge on any atom is 0.223 e. The van der Waals surface area contributed by atoms with Gasteiger partial charge in [-0.15, -0.1) is 11.8 Å². The number of aryl methyl sites for hydroxylation is 1. The highest BCUT2D eigenvalue weighted by molar-refractivity contribution is 7.99. The molecule has 1 aliphatic carbocycles. The maximum atomic E-state index is 12.3. The van der Waals surface area contributed by atoms with E-state index in [0.717, 1.165) is 41.9 Å². The van der Waals surface area contributed by atoms with Gasteiger partial charge in [-0.25, -0.2) is 4.98 Å². The summed E-state index contributed by atoms with van der Waals surface area (Å²) in [4.78, 5) is 24.3. The highest BCUT2D eigenvalue weighted by atomic mass is 32.2. The van der Waals surface area contributed by atoms with E-state index in [9.17, 15) is 4.79 Å². The first-order chi connectivity index (χ1) is 11.8. The molecule has 0 bridgehead atoms. The molecule has 2 heterocycles. The van der Waals surface area contributed by atoms with Crippen molar-refractivity contribution < 1.29 is 4.79 Å². The molecular formula is C18H20N4OS. The van der Waals surface area contributed by atoms with Gasteiger partial charge in [0.2, 0.25) is 5.91 Å². The SMILES string of the molecule is O=C(NCCSc1c[nH]c2ccccc12)C1CCc2nc[nH]c2C1. The average Bonchev–Trinajstić information content (AvgIpc) is 3.24. The number of nitrogens with one attached hydrogen (secondary N) is 3. The van der Waals surface area contributed by atoms with Gasteiger partial charge in [-0.1, -0.05) is 18.2 Å². The molecule has 2 aromatic heterocycles. The van der Waals surface area contributed by atoms with E-state index < -0.39 is 0 Å². The number of benzene rings is 1. The molecule has 0 fully saturated rings. The second-order valence-electron chi connectivity index (χ2n) is 6.11. The monoisotopic (exact) mass is 340 g/mol. The van der Waals surface area contributed by atoms with Crippen LogP contribution in [0.2, 0.25) is 0 Å². The summed E-state index contributed by atoms with van der Waals surface area (Å²) in [7, 11) is 0. The molecule has 1 atom stereocenters. The summed E-state index contributed by atoms with van der Waals surface area (Å²) in [6, 6.07) is 8.28. The molecule has 24 heavy (non-hydrogen) atoms. The number of fused-ring (bicyclic) bond motifs is 2. The number of aromatic nitrogens is 3. The van der Waals surface area contributed by atoms with Crippen LogP contribution in [0, 0.1) is 5.92 Å². The summed E-state index contributed by atoms with van der Waals surface area (Å²) in [5, 5.41) is 4.33. The van der Waals surface area contributed by atoms with E-state index in [1.165, 1.54) is 10.3 Å². The summed E-state index contributed by atoms with van der Waals surface area (Å²) in [5.74, 6) is 1.10. The van der Waals surface area contributed by atoms with E-state index >= 15 is 0 Å². The number of aromatic amines is 2. The molecule has 0 saturated carbocycles. The lowest BCUT2D eigenvalue weighted by Gasteiger charge is -2.20. The summed E-state index contributed by atoms with van der Waals surface area (Å²) in [6.07, 6.45) is 6.32. The van der Waals surface area contributed by atoms with E-state index in [-0.39, 0.29) is 11.8 Å². The van der Waals surface area contributed by atoms with E-state index in [1.807, 2.05) is 12.3 Å². The number of hydrogen-bond donors (Lipinski definition) is 3. The van der Waals surface area contributed by atoms with Gasteiger partial charge in [0.25, 0.3) is 0 Å². The van der Waals surface area contributed by atoms with E-state index in [2.05, 4.69) is 38.5 Å². The van der Waals surface area contributed by atoms with Crippen LogP contribution in [-0.2, 0) is 17.6 Å². The van der Waals surface area contributed by atoms with Gasteiger partial charge in [0.1, 0.15) is 0 Å². The Bertz CT molecular complexity index is 853. The van der Waals surface area contributed by atoms with Crippen molar-refractivity contribution in [3.63, 3.8) is 0 Å². The van der Waals surface area contributed by atoms with Crippen molar-refractivity contribution in [2.24, 2.45) is 5.92 Å². The third kappa shape index (κ3) is 3.06. The fraction of sp³-hybridized carbons (Fsp3) is 0.333. The van der Waals surface area contributed by atoms with Crippen LogP contribution in [0.5, 0.6) is 0 Å². The Morgan fingerprint density at radius 1 is 1.33 bits per heavy atom. The first kappa shape index (κ1) is 15.3. The smallest absolute Gasteiger partial charge is 0.223 e. The van der Waals surface area contributed by atoms with Crippen LogP contribution in [0.15, 0.2) is 41.7 Å². The molecule has 1 amide bonds. The van der Waals surface area contributed by atoms with Crippen molar-refractivity contribution in [3.8, 4) is 0 Å². The van der Waals surface area contributed by atoms with Gasteiger partial charge < -0.3 is 15.3 Å². The molecule has 3 aromatic rings. The minimum Gasteiger partial charge on any atom is -0.360 e. The third-order valence-electron chi connectivity index (χ3n) is 4.57. The molecule has 6 heteroatoms. The average molecular weight is 340 g/mol. The molecule has 1 unspecified atom stereocenters. The van der Waals surface area contributed by atoms with Crippen LogP contribution in [0.1, 0.15) is 17.8 Å². The summed E-state index contributed by atoms with van der Waals surface area (Å²) >= 11 is 1.77. The zero-order chi connectivity index (χ0) is 16.4. The van der Waals surface area contributed by atoms with Gasteiger partial charge >= 0.3 is 0 Å². The van der Waals surface area contributed by atoms with Crippen LogP contribution < -0.4 is 5.32 Å². The Morgan fingerprint density at radius 2 is 2.25 bits per heavy atom. The summed E-state index contributed by atoms with van der Waals surface area (Å²) < 4.78 is 0. The number of amides is 1. The number of thioether (sulfide) groups is 1. The molecule has 0 saturated heterocycles.